The van der Waals surface area contributed by atoms with Gasteiger partial charge in [-0.05, 0) is 42.7 Å². The van der Waals surface area contributed by atoms with Gasteiger partial charge >= 0.3 is 0 Å². The van der Waals surface area contributed by atoms with E-state index < -0.39 is 6.04 Å². The number of halogens is 1. The summed E-state index contributed by atoms with van der Waals surface area (Å²) in [5, 5.41) is 3.44. The van der Waals surface area contributed by atoms with Gasteiger partial charge in [-0.2, -0.15) is 0 Å². The third-order valence-electron chi connectivity index (χ3n) is 4.94. The highest BCUT2D eigenvalue weighted by Crippen LogP contribution is 2.44. The van der Waals surface area contributed by atoms with E-state index in [4.69, 9.17) is 0 Å². The van der Waals surface area contributed by atoms with Gasteiger partial charge in [-0.15, -0.1) is 0 Å². The molecule has 4 rings (SSSR count). The number of allylic oxidation sites excluding steroid dienone is 1. The van der Waals surface area contributed by atoms with Crippen LogP contribution in [0, 0.1) is 0 Å². The van der Waals surface area contributed by atoms with Gasteiger partial charge in [-0.1, -0.05) is 40.2 Å². The van der Waals surface area contributed by atoms with Crippen molar-refractivity contribution in [3.8, 4) is 0 Å². The molecule has 1 aliphatic carbocycles. The van der Waals surface area contributed by atoms with Crippen LogP contribution in [0.3, 0.4) is 0 Å². The second-order valence-corrected chi connectivity index (χ2v) is 7.57. The topological polar surface area (TPSA) is 49.4 Å². The summed E-state index contributed by atoms with van der Waals surface area (Å²) in [7, 11) is 0. The summed E-state index contributed by atoms with van der Waals surface area (Å²) >= 11 is 3.52. The Kier molecular flexibility index (Phi) is 4.41. The molecule has 0 saturated carbocycles. The minimum Gasteiger partial charge on any atom is -0.357 e. The fourth-order valence-corrected chi connectivity index (χ4v) is 4.29. The zero-order valence-corrected chi connectivity index (χ0v) is 16.0. The maximum Gasteiger partial charge on any atom is 0.224 e. The molecule has 0 bridgehead atoms. The van der Waals surface area contributed by atoms with Crippen molar-refractivity contribution in [2.45, 2.75) is 32.2 Å². The summed E-state index contributed by atoms with van der Waals surface area (Å²) in [6.45, 7) is 1.56. The predicted octanol–water partition coefficient (Wildman–Crippen LogP) is 4.98. The normalized spacial score (nSPS) is 19.4. The third-order valence-corrected chi connectivity index (χ3v) is 5.43. The number of rotatable bonds is 1. The molecule has 0 radical (unpaired) electrons. The van der Waals surface area contributed by atoms with Gasteiger partial charge in [-0.3, -0.25) is 14.5 Å². The SMILES string of the molecule is CC(=O)N1c2ccccc2NC2=C(C(=O)CCC2)C1c1cccc(Br)c1. The molecule has 1 N–H and O–H groups in total. The average Bonchev–Trinajstić information content (AvgIpc) is 2.76. The van der Waals surface area contributed by atoms with E-state index in [2.05, 4.69) is 21.2 Å². The number of para-hydroxylation sites is 2. The van der Waals surface area contributed by atoms with E-state index in [0.29, 0.717) is 12.0 Å². The van der Waals surface area contributed by atoms with Crippen LogP contribution in [0.2, 0.25) is 0 Å². The largest absolute Gasteiger partial charge is 0.357 e. The fourth-order valence-electron chi connectivity index (χ4n) is 3.87. The van der Waals surface area contributed by atoms with Crippen LogP contribution in [-0.2, 0) is 9.59 Å². The molecule has 2 aromatic carbocycles. The van der Waals surface area contributed by atoms with Crippen molar-refractivity contribution in [3.63, 3.8) is 0 Å². The van der Waals surface area contributed by atoms with Crippen LogP contribution in [0.15, 0.2) is 64.3 Å². The number of nitrogens with one attached hydrogen (secondary N) is 1. The Bertz CT molecular complexity index is 935. The number of Topliss-reactive ketones (excluding diaryl/α,β-unsaturated/α-hetero) is 1. The van der Waals surface area contributed by atoms with Crippen LogP contribution in [0.5, 0.6) is 0 Å². The van der Waals surface area contributed by atoms with Gasteiger partial charge in [0.1, 0.15) is 0 Å². The Morgan fingerprint density at radius 2 is 1.96 bits per heavy atom. The van der Waals surface area contributed by atoms with E-state index in [9.17, 15) is 9.59 Å². The van der Waals surface area contributed by atoms with E-state index in [1.807, 2.05) is 48.5 Å². The Labute approximate surface area is 161 Å². The second-order valence-electron chi connectivity index (χ2n) is 6.66. The van der Waals surface area contributed by atoms with Crippen LogP contribution in [0.25, 0.3) is 0 Å². The van der Waals surface area contributed by atoms with E-state index >= 15 is 0 Å². The van der Waals surface area contributed by atoms with Crippen molar-refractivity contribution < 1.29 is 9.59 Å². The second kappa shape index (κ2) is 6.72. The molecule has 26 heavy (non-hydrogen) atoms. The van der Waals surface area contributed by atoms with Crippen LogP contribution >= 0.6 is 15.9 Å². The third kappa shape index (κ3) is 2.86. The quantitative estimate of drug-likeness (QED) is 0.721. The Morgan fingerprint density at radius 1 is 1.15 bits per heavy atom. The summed E-state index contributed by atoms with van der Waals surface area (Å²) in [5.74, 6) is 0.0270. The number of nitrogens with zero attached hydrogens (tertiary/aromatic N) is 1. The maximum atomic E-state index is 12.9. The smallest absolute Gasteiger partial charge is 0.224 e. The predicted molar refractivity (Wildman–Crippen MR) is 106 cm³/mol. The zero-order valence-electron chi connectivity index (χ0n) is 14.5. The van der Waals surface area contributed by atoms with Crippen LogP contribution < -0.4 is 10.2 Å². The number of carbonyl (C=O) groups is 2. The highest BCUT2D eigenvalue weighted by atomic mass is 79.9. The summed E-state index contributed by atoms with van der Waals surface area (Å²) in [5.41, 5.74) is 4.23. The molecule has 2 aliphatic rings. The van der Waals surface area contributed by atoms with Crippen molar-refractivity contribution in [2.75, 3.05) is 10.2 Å². The Balaban J connectivity index is 2.01. The lowest BCUT2D eigenvalue weighted by atomic mass is 9.86. The highest BCUT2D eigenvalue weighted by molar-refractivity contribution is 9.10. The summed E-state index contributed by atoms with van der Waals surface area (Å²) in [6.07, 6.45) is 2.16. The van der Waals surface area contributed by atoms with Gasteiger partial charge in [0.2, 0.25) is 5.91 Å². The molecule has 1 aliphatic heterocycles. The van der Waals surface area contributed by atoms with Crippen LogP contribution in [0.1, 0.15) is 37.8 Å². The molecule has 0 fully saturated rings. The number of amides is 1. The van der Waals surface area contributed by atoms with Crippen LogP contribution in [0.4, 0.5) is 11.4 Å². The number of hydrogen-bond donors (Lipinski definition) is 1. The number of ketones is 1. The number of benzene rings is 2. The van der Waals surface area contributed by atoms with Crippen molar-refractivity contribution in [2.24, 2.45) is 0 Å². The lowest BCUT2D eigenvalue weighted by Crippen LogP contribution is -2.36. The van der Waals surface area contributed by atoms with Gasteiger partial charge in [-0.25, -0.2) is 0 Å². The standard InChI is InChI=1S/C21H19BrN2O2/c1-13(25)24-18-10-3-2-8-16(18)23-17-9-5-11-19(26)20(17)21(24)14-6-4-7-15(22)12-14/h2-4,6-8,10,12,21,23H,5,9,11H2,1H3. The van der Waals surface area contributed by atoms with E-state index in [0.717, 1.165) is 39.9 Å². The molecule has 0 saturated heterocycles. The average molecular weight is 411 g/mol. The van der Waals surface area contributed by atoms with Crippen molar-refractivity contribution >= 4 is 39.0 Å². The summed E-state index contributed by atoms with van der Waals surface area (Å²) in [4.78, 5) is 27.4. The first-order valence-corrected chi connectivity index (χ1v) is 9.53. The number of anilines is 2. The first-order valence-electron chi connectivity index (χ1n) is 8.74. The van der Waals surface area contributed by atoms with Crippen LogP contribution in [-0.4, -0.2) is 11.7 Å². The number of carbonyl (C=O) groups excluding carboxylic acids is 2. The zero-order chi connectivity index (χ0) is 18.3. The fraction of sp³-hybridized carbons (Fsp3) is 0.238. The molecular formula is C21H19BrN2O2. The van der Waals surface area contributed by atoms with E-state index in [-0.39, 0.29) is 11.7 Å². The van der Waals surface area contributed by atoms with Gasteiger partial charge < -0.3 is 5.32 Å². The number of hydrogen-bond acceptors (Lipinski definition) is 3. The number of fused-ring (bicyclic) bond motifs is 1. The highest BCUT2D eigenvalue weighted by Gasteiger charge is 2.38. The van der Waals surface area contributed by atoms with Crippen molar-refractivity contribution in [1.82, 2.24) is 0 Å². The minimum atomic E-state index is -0.427. The first-order chi connectivity index (χ1) is 12.6. The Hall–Kier alpha value is -2.40. The van der Waals surface area contributed by atoms with E-state index in [1.54, 1.807) is 11.8 Å². The molecule has 5 heteroatoms. The molecular weight excluding hydrogens is 392 g/mol. The van der Waals surface area contributed by atoms with Gasteiger partial charge in [0.25, 0.3) is 0 Å². The Morgan fingerprint density at radius 3 is 2.73 bits per heavy atom. The molecule has 1 heterocycles. The molecule has 1 atom stereocenters. The molecule has 4 nitrogen and oxygen atoms in total. The molecule has 0 spiro atoms. The summed E-state index contributed by atoms with van der Waals surface area (Å²) < 4.78 is 0.925. The summed E-state index contributed by atoms with van der Waals surface area (Å²) in [6, 6.07) is 15.2. The molecule has 2 aromatic rings. The van der Waals surface area contributed by atoms with Crippen molar-refractivity contribution in [3.05, 3.63) is 69.8 Å². The lowest BCUT2D eigenvalue weighted by molar-refractivity contribution is -0.117. The lowest BCUT2D eigenvalue weighted by Gasteiger charge is -2.33. The molecule has 0 aromatic heterocycles. The molecule has 1 unspecified atom stereocenters. The van der Waals surface area contributed by atoms with E-state index in [1.165, 1.54) is 0 Å². The first kappa shape index (κ1) is 17.0. The van der Waals surface area contributed by atoms with Gasteiger partial charge in [0.05, 0.1) is 17.4 Å². The maximum absolute atomic E-state index is 12.9. The monoisotopic (exact) mass is 410 g/mol. The van der Waals surface area contributed by atoms with Gasteiger partial charge in [0.15, 0.2) is 5.78 Å². The minimum absolute atomic E-state index is 0.0867. The molecule has 1 amide bonds. The molecule has 132 valence electrons. The van der Waals surface area contributed by atoms with Gasteiger partial charge in [0, 0.05) is 29.1 Å². The van der Waals surface area contributed by atoms with Crippen molar-refractivity contribution in [1.29, 1.82) is 0 Å².